The van der Waals surface area contributed by atoms with Crippen molar-refractivity contribution in [2.75, 3.05) is 6.54 Å². The molecule has 1 aromatic rings. The average molecular weight is 538 g/mol. The van der Waals surface area contributed by atoms with Crippen LogP contribution in [0.15, 0.2) is 16.6 Å². The Labute approximate surface area is 197 Å². The van der Waals surface area contributed by atoms with Crippen molar-refractivity contribution in [2.24, 2.45) is 5.92 Å². The van der Waals surface area contributed by atoms with Crippen LogP contribution in [0.25, 0.3) is 0 Å². The molecule has 0 radical (unpaired) electrons. The normalized spacial score (nSPS) is 16.8. The van der Waals surface area contributed by atoms with Gasteiger partial charge in [0.05, 0.1) is 34.5 Å². The second-order valence-corrected chi connectivity index (χ2v) is 8.87. The number of nitrogens with one attached hydrogen (secondary N) is 2. The zero-order valence-corrected chi connectivity index (χ0v) is 19.7. The molecule has 2 atom stereocenters. The lowest BCUT2D eigenvalue weighted by Crippen LogP contribution is -2.50. The highest BCUT2D eigenvalue weighted by Gasteiger charge is 2.46. The quantitative estimate of drug-likeness (QED) is 0.326. The van der Waals surface area contributed by atoms with Gasteiger partial charge in [-0.3, -0.25) is 19.2 Å². The molecular formula is C18H20BBrCl2N2O7. The number of carbonyl (C=O) groups excluding carboxylic acids is 3. The van der Waals surface area contributed by atoms with E-state index in [0.29, 0.717) is 10.9 Å². The molecule has 13 heteroatoms. The van der Waals surface area contributed by atoms with Gasteiger partial charge in [-0.15, -0.1) is 0 Å². The highest BCUT2D eigenvalue weighted by molar-refractivity contribution is 9.10. The molecule has 9 nitrogen and oxygen atoms in total. The number of benzene rings is 1. The van der Waals surface area contributed by atoms with Gasteiger partial charge >= 0.3 is 19.1 Å². The predicted octanol–water partition coefficient (Wildman–Crippen LogP) is 2.46. The van der Waals surface area contributed by atoms with Crippen LogP contribution in [-0.4, -0.2) is 54.6 Å². The van der Waals surface area contributed by atoms with Gasteiger partial charge in [0, 0.05) is 4.47 Å². The van der Waals surface area contributed by atoms with Gasteiger partial charge in [0.1, 0.15) is 0 Å². The molecule has 1 unspecified atom stereocenters. The zero-order valence-electron chi connectivity index (χ0n) is 16.6. The first-order chi connectivity index (χ1) is 14.5. The first-order valence-corrected chi connectivity index (χ1v) is 10.8. The lowest BCUT2D eigenvalue weighted by molar-refractivity contribution is -0.145. The van der Waals surface area contributed by atoms with Crippen LogP contribution < -0.4 is 10.6 Å². The van der Waals surface area contributed by atoms with E-state index in [2.05, 4.69) is 26.6 Å². The van der Waals surface area contributed by atoms with Crippen LogP contribution in [0, 0.1) is 5.92 Å². The Bertz CT molecular complexity index is 887. The van der Waals surface area contributed by atoms with Crippen LogP contribution in [0.1, 0.15) is 37.0 Å². The summed E-state index contributed by atoms with van der Waals surface area (Å²) in [6.07, 6.45) is -1.39. The molecule has 168 valence electrons. The SMILES string of the molecule is CC(C)C[C@H](NC(=O)CNC(=O)c1c(Cl)ccc(Br)c1Cl)B1OC(=O)C(CC(=O)O)O1. The fourth-order valence-corrected chi connectivity index (χ4v) is 3.76. The van der Waals surface area contributed by atoms with E-state index in [0.717, 1.165) is 0 Å². The third-order valence-electron chi connectivity index (χ3n) is 4.23. The summed E-state index contributed by atoms with van der Waals surface area (Å²) in [5.74, 6) is -3.85. The molecule has 0 saturated carbocycles. The van der Waals surface area contributed by atoms with Gasteiger partial charge in [0.25, 0.3) is 5.91 Å². The number of rotatable bonds is 9. The number of hydrogen-bond donors (Lipinski definition) is 3. The van der Waals surface area contributed by atoms with Crippen LogP contribution in [0.2, 0.25) is 10.0 Å². The third kappa shape index (κ3) is 7.10. The molecule has 1 aromatic carbocycles. The van der Waals surface area contributed by atoms with E-state index in [9.17, 15) is 19.2 Å². The highest BCUT2D eigenvalue weighted by atomic mass is 79.9. The minimum absolute atomic E-state index is 0.0220. The average Bonchev–Trinajstić information content (AvgIpc) is 3.02. The number of carboxylic acids is 1. The van der Waals surface area contributed by atoms with E-state index in [4.69, 9.17) is 37.6 Å². The van der Waals surface area contributed by atoms with Gasteiger partial charge in [0.15, 0.2) is 6.10 Å². The number of carboxylic acid groups (broad SMARTS) is 1. The predicted molar refractivity (Wildman–Crippen MR) is 117 cm³/mol. The summed E-state index contributed by atoms with van der Waals surface area (Å²) in [6, 6.07) is 3.08. The van der Waals surface area contributed by atoms with Crippen molar-refractivity contribution in [3.63, 3.8) is 0 Å². The van der Waals surface area contributed by atoms with Crippen molar-refractivity contribution in [1.82, 2.24) is 10.6 Å². The molecule has 2 rings (SSSR count). The zero-order chi connectivity index (χ0) is 23.3. The van der Waals surface area contributed by atoms with Crippen molar-refractivity contribution >= 4 is 70.0 Å². The minimum atomic E-state index is -1.24. The molecule has 1 aliphatic heterocycles. The van der Waals surface area contributed by atoms with Gasteiger partial charge in [-0.05, 0) is 40.4 Å². The fourth-order valence-electron chi connectivity index (χ4n) is 2.89. The van der Waals surface area contributed by atoms with E-state index >= 15 is 0 Å². The smallest absolute Gasteiger partial charge is 0.506 e. The second kappa shape index (κ2) is 11.2. The van der Waals surface area contributed by atoms with Crippen molar-refractivity contribution in [1.29, 1.82) is 0 Å². The van der Waals surface area contributed by atoms with Crippen LogP contribution >= 0.6 is 39.1 Å². The van der Waals surface area contributed by atoms with Crippen molar-refractivity contribution < 1.29 is 33.6 Å². The van der Waals surface area contributed by atoms with E-state index in [1.165, 1.54) is 6.07 Å². The molecule has 1 aliphatic rings. The first kappa shape index (κ1) is 25.4. The molecule has 0 bridgehead atoms. The summed E-state index contributed by atoms with van der Waals surface area (Å²) in [5, 5.41) is 14.2. The summed E-state index contributed by atoms with van der Waals surface area (Å²) in [7, 11) is -1.13. The summed E-state index contributed by atoms with van der Waals surface area (Å²) in [5.41, 5.74) is 0.0220. The molecule has 2 amide bonds. The van der Waals surface area contributed by atoms with Gasteiger partial charge in [-0.1, -0.05) is 37.0 Å². The van der Waals surface area contributed by atoms with E-state index in [-0.39, 0.29) is 21.5 Å². The van der Waals surface area contributed by atoms with Gasteiger partial charge in [-0.2, -0.15) is 0 Å². The number of carbonyl (C=O) groups is 4. The molecule has 1 saturated heterocycles. The molecule has 3 N–H and O–H groups in total. The molecule has 1 heterocycles. The van der Waals surface area contributed by atoms with Crippen LogP contribution in [-0.2, 0) is 23.7 Å². The van der Waals surface area contributed by atoms with Crippen LogP contribution in [0.4, 0.5) is 0 Å². The Balaban J connectivity index is 2.00. The Morgan fingerprint density at radius 2 is 1.97 bits per heavy atom. The highest BCUT2D eigenvalue weighted by Crippen LogP contribution is 2.31. The summed E-state index contributed by atoms with van der Waals surface area (Å²) >= 11 is 15.3. The lowest BCUT2D eigenvalue weighted by atomic mass is 9.74. The summed E-state index contributed by atoms with van der Waals surface area (Å²) < 4.78 is 11.0. The maximum Gasteiger partial charge on any atom is 0.552 e. The van der Waals surface area contributed by atoms with E-state index < -0.39 is 55.9 Å². The Morgan fingerprint density at radius 3 is 2.58 bits per heavy atom. The maximum atomic E-state index is 12.4. The Kier molecular flexibility index (Phi) is 9.17. The largest absolute Gasteiger partial charge is 0.552 e. The molecule has 0 aromatic heterocycles. The monoisotopic (exact) mass is 536 g/mol. The number of hydrogen-bond acceptors (Lipinski definition) is 6. The first-order valence-electron chi connectivity index (χ1n) is 9.28. The van der Waals surface area contributed by atoms with Crippen molar-refractivity contribution in [3.8, 4) is 0 Å². The van der Waals surface area contributed by atoms with Gasteiger partial charge in [-0.25, -0.2) is 0 Å². The Hall–Kier alpha value is -1.82. The second-order valence-electron chi connectivity index (χ2n) is 7.23. The van der Waals surface area contributed by atoms with E-state index in [1.807, 2.05) is 13.8 Å². The standard InChI is InChI=1S/C18H20BBrCl2N2O7/c1-8(2)5-12(19-30-11(6-14(26)27)18(29)31-19)24-13(25)7-23-17(28)15-10(21)4-3-9(20)16(15)22/h3-4,8,11-12H,5-7H2,1-2H3,(H,23,28)(H,24,25)(H,26,27)/t11?,12-/m0/s1. The number of amides is 2. The third-order valence-corrected chi connectivity index (χ3v) is 5.83. The lowest BCUT2D eigenvalue weighted by Gasteiger charge is -2.21. The van der Waals surface area contributed by atoms with Gasteiger partial charge in [0.2, 0.25) is 5.91 Å². The van der Waals surface area contributed by atoms with Crippen LogP contribution in [0.3, 0.4) is 0 Å². The number of halogens is 3. The molecule has 0 spiro atoms. The van der Waals surface area contributed by atoms with Crippen LogP contribution in [0.5, 0.6) is 0 Å². The van der Waals surface area contributed by atoms with E-state index in [1.54, 1.807) is 6.07 Å². The van der Waals surface area contributed by atoms with Gasteiger partial charge < -0.3 is 25.0 Å². The maximum absolute atomic E-state index is 12.4. The fraction of sp³-hybridized carbons (Fsp3) is 0.444. The summed E-state index contributed by atoms with van der Waals surface area (Å²) in [4.78, 5) is 47.5. The topological polar surface area (TPSA) is 131 Å². The molecule has 0 aliphatic carbocycles. The molecule has 31 heavy (non-hydrogen) atoms. The summed E-state index contributed by atoms with van der Waals surface area (Å²) in [6.45, 7) is 3.39. The molecular weight excluding hydrogens is 518 g/mol. The minimum Gasteiger partial charge on any atom is -0.506 e. The molecule has 1 fully saturated rings. The Morgan fingerprint density at radius 1 is 1.29 bits per heavy atom. The van der Waals surface area contributed by atoms with Crippen molar-refractivity contribution in [3.05, 3.63) is 32.2 Å². The van der Waals surface area contributed by atoms with Crippen molar-refractivity contribution in [2.45, 2.75) is 38.7 Å². The number of aliphatic carboxylic acids is 1.